The molecular formula is C26H29ClN4O7. The van der Waals surface area contributed by atoms with Gasteiger partial charge >= 0.3 is 12.1 Å². The molecule has 12 heteroatoms. The zero-order chi connectivity index (χ0) is 27.6. The maximum absolute atomic E-state index is 13.0. The van der Waals surface area contributed by atoms with E-state index >= 15 is 0 Å². The number of carbonyl (C=O) groups excluding carboxylic acids is 1. The van der Waals surface area contributed by atoms with E-state index in [0.29, 0.717) is 33.3 Å². The number of carbonyl (C=O) groups is 2. The fourth-order valence-electron chi connectivity index (χ4n) is 3.95. The zero-order valence-electron chi connectivity index (χ0n) is 21.7. The van der Waals surface area contributed by atoms with Crippen LogP contribution in [0.3, 0.4) is 0 Å². The van der Waals surface area contributed by atoms with E-state index in [1.54, 1.807) is 45.0 Å². The van der Waals surface area contributed by atoms with Crippen LogP contribution in [-0.4, -0.2) is 62.1 Å². The van der Waals surface area contributed by atoms with Crippen molar-refractivity contribution in [1.82, 2.24) is 20.0 Å². The van der Waals surface area contributed by atoms with Gasteiger partial charge in [0.15, 0.2) is 0 Å². The number of halogens is 1. The number of carboxylic acids is 1. The van der Waals surface area contributed by atoms with Gasteiger partial charge in [0.05, 0.1) is 36.2 Å². The molecule has 38 heavy (non-hydrogen) atoms. The minimum absolute atomic E-state index is 0.0922. The summed E-state index contributed by atoms with van der Waals surface area (Å²) < 4.78 is 22.6. The van der Waals surface area contributed by atoms with Gasteiger partial charge in [0.2, 0.25) is 11.7 Å². The topological polar surface area (TPSA) is 137 Å². The van der Waals surface area contributed by atoms with Gasteiger partial charge in [-0.25, -0.2) is 9.78 Å². The molecule has 1 atom stereocenters. The lowest BCUT2D eigenvalue weighted by Gasteiger charge is -2.31. The SMILES string of the molecule is CC(C)Oc1ncc(-c2nc(-c3cccc4c3OCCN(C(=O)OC(C)(C)C)C4CC(=O)O)no2)cc1Cl. The highest BCUT2D eigenvalue weighted by molar-refractivity contribution is 6.32. The molecule has 11 nitrogen and oxygen atoms in total. The van der Waals surface area contributed by atoms with Crippen molar-refractivity contribution in [3.05, 3.63) is 41.0 Å². The standard InChI is InChI=1S/C26H29ClN4O7/c1-14(2)36-24-18(27)11-15(13-28-24)23-29-22(30-38-23)17-8-6-7-16-19(12-20(32)33)31(9-10-35-21(16)17)25(34)37-26(3,4)5/h6-8,11,13-14,19H,9-10,12H2,1-5H3,(H,32,33). The number of amides is 1. The Labute approximate surface area is 224 Å². The third-order valence-corrected chi connectivity index (χ3v) is 5.69. The summed E-state index contributed by atoms with van der Waals surface area (Å²) in [6, 6.07) is 5.96. The van der Waals surface area contributed by atoms with Gasteiger partial charge in [0.1, 0.15) is 23.0 Å². The number of para-hydroxylation sites is 1. The Kier molecular flexibility index (Phi) is 7.77. The van der Waals surface area contributed by atoms with Crippen molar-refractivity contribution < 1.29 is 33.4 Å². The molecule has 1 aliphatic rings. The van der Waals surface area contributed by atoms with Gasteiger partial charge in [-0.1, -0.05) is 28.9 Å². The normalized spacial score (nSPS) is 15.4. The Morgan fingerprint density at radius 3 is 2.71 bits per heavy atom. The van der Waals surface area contributed by atoms with E-state index in [2.05, 4.69) is 15.1 Å². The fourth-order valence-corrected chi connectivity index (χ4v) is 4.16. The molecule has 2 aromatic heterocycles. The average molecular weight is 545 g/mol. The number of benzene rings is 1. The molecule has 3 heterocycles. The monoisotopic (exact) mass is 544 g/mol. The molecule has 1 aromatic carbocycles. The van der Waals surface area contributed by atoms with Crippen molar-refractivity contribution in [1.29, 1.82) is 0 Å². The van der Waals surface area contributed by atoms with Crippen molar-refractivity contribution in [3.8, 4) is 34.5 Å². The summed E-state index contributed by atoms with van der Waals surface area (Å²) >= 11 is 6.31. The first-order chi connectivity index (χ1) is 17.9. The Morgan fingerprint density at radius 1 is 1.29 bits per heavy atom. The van der Waals surface area contributed by atoms with Crippen molar-refractivity contribution in [2.75, 3.05) is 13.2 Å². The van der Waals surface area contributed by atoms with Gasteiger partial charge < -0.3 is 23.8 Å². The Bertz CT molecular complexity index is 1340. The molecule has 0 saturated heterocycles. The second-order valence-electron chi connectivity index (χ2n) is 9.96. The second-order valence-corrected chi connectivity index (χ2v) is 10.4. The molecule has 0 aliphatic carbocycles. The van der Waals surface area contributed by atoms with E-state index in [9.17, 15) is 14.7 Å². The van der Waals surface area contributed by atoms with Crippen LogP contribution in [0.2, 0.25) is 5.02 Å². The van der Waals surface area contributed by atoms with Crippen LogP contribution >= 0.6 is 11.6 Å². The number of hydrogen-bond donors (Lipinski definition) is 1. The molecule has 0 spiro atoms. The van der Waals surface area contributed by atoms with Crippen LogP contribution in [0, 0.1) is 0 Å². The van der Waals surface area contributed by atoms with Crippen molar-refractivity contribution >= 4 is 23.7 Å². The number of ether oxygens (including phenoxy) is 3. The maximum Gasteiger partial charge on any atom is 0.410 e. The van der Waals surface area contributed by atoms with Gasteiger partial charge in [-0.15, -0.1) is 0 Å². The summed E-state index contributed by atoms with van der Waals surface area (Å²) in [6.07, 6.45) is 0.461. The van der Waals surface area contributed by atoms with Gasteiger partial charge in [0, 0.05) is 11.8 Å². The van der Waals surface area contributed by atoms with Crippen LogP contribution in [0.4, 0.5) is 4.79 Å². The van der Waals surface area contributed by atoms with E-state index in [0.717, 1.165) is 0 Å². The molecule has 0 saturated carbocycles. The largest absolute Gasteiger partial charge is 0.491 e. The molecule has 4 rings (SSSR count). The van der Waals surface area contributed by atoms with Gasteiger partial charge in [-0.3, -0.25) is 9.69 Å². The van der Waals surface area contributed by atoms with Crippen molar-refractivity contribution in [3.63, 3.8) is 0 Å². The van der Waals surface area contributed by atoms with E-state index < -0.39 is 23.7 Å². The Balaban J connectivity index is 1.70. The predicted molar refractivity (Wildman–Crippen MR) is 137 cm³/mol. The van der Waals surface area contributed by atoms with Crippen LogP contribution in [0.15, 0.2) is 35.0 Å². The average Bonchev–Trinajstić information content (AvgIpc) is 3.23. The van der Waals surface area contributed by atoms with Crippen LogP contribution < -0.4 is 9.47 Å². The number of nitrogens with zero attached hydrogens (tertiary/aromatic N) is 4. The smallest absolute Gasteiger partial charge is 0.410 e. The molecule has 1 N–H and O–H groups in total. The highest BCUT2D eigenvalue weighted by Gasteiger charge is 2.36. The molecule has 202 valence electrons. The van der Waals surface area contributed by atoms with Gasteiger partial charge in [0.25, 0.3) is 5.89 Å². The number of aromatic nitrogens is 3. The second kappa shape index (κ2) is 10.9. The number of carboxylic acid groups (broad SMARTS) is 1. The first kappa shape index (κ1) is 27.2. The predicted octanol–water partition coefficient (Wildman–Crippen LogP) is 5.38. The van der Waals surface area contributed by atoms with Crippen LogP contribution in [-0.2, 0) is 9.53 Å². The highest BCUT2D eigenvalue weighted by atomic mass is 35.5. The number of aliphatic carboxylic acids is 1. The third-order valence-electron chi connectivity index (χ3n) is 5.42. The first-order valence-electron chi connectivity index (χ1n) is 12.1. The summed E-state index contributed by atoms with van der Waals surface area (Å²) in [5.74, 6) is -0.0117. The molecule has 3 aromatic rings. The van der Waals surface area contributed by atoms with Crippen LogP contribution in [0.1, 0.15) is 52.6 Å². The van der Waals surface area contributed by atoms with E-state index in [1.165, 1.54) is 11.1 Å². The lowest BCUT2D eigenvalue weighted by molar-refractivity contribution is -0.138. The number of pyridine rings is 1. The number of fused-ring (bicyclic) bond motifs is 1. The van der Waals surface area contributed by atoms with Gasteiger partial charge in [-0.05, 0) is 46.8 Å². The van der Waals surface area contributed by atoms with E-state index in [-0.39, 0.29) is 37.4 Å². The molecular weight excluding hydrogens is 516 g/mol. The highest BCUT2D eigenvalue weighted by Crippen LogP contribution is 2.41. The van der Waals surface area contributed by atoms with Crippen LogP contribution in [0.5, 0.6) is 11.6 Å². The summed E-state index contributed by atoms with van der Waals surface area (Å²) in [4.78, 5) is 34.9. The van der Waals surface area contributed by atoms with Crippen molar-refractivity contribution in [2.24, 2.45) is 0 Å². The lowest BCUT2D eigenvalue weighted by Crippen LogP contribution is -2.41. The maximum atomic E-state index is 13.0. The molecule has 1 aliphatic heterocycles. The van der Waals surface area contributed by atoms with Crippen molar-refractivity contribution in [2.45, 2.75) is 58.8 Å². The molecule has 1 unspecified atom stereocenters. The quantitative estimate of drug-likeness (QED) is 0.430. The molecule has 0 fully saturated rings. The minimum atomic E-state index is -1.07. The first-order valence-corrected chi connectivity index (χ1v) is 12.4. The zero-order valence-corrected chi connectivity index (χ0v) is 22.5. The molecule has 0 radical (unpaired) electrons. The molecule has 1 amide bonds. The fraction of sp³-hybridized carbons (Fsp3) is 0.423. The summed E-state index contributed by atoms with van der Waals surface area (Å²) in [5, 5.41) is 14.0. The summed E-state index contributed by atoms with van der Waals surface area (Å²) in [6.45, 7) is 9.23. The Hall–Kier alpha value is -3.86. The lowest BCUT2D eigenvalue weighted by atomic mass is 9.98. The van der Waals surface area contributed by atoms with Crippen LogP contribution in [0.25, 0.3) is 22.8 Å². The summed E-state index contributed by atoms with van der Waals surface area (Å²) in [5.41, 5.74) is 0.727. The molecule has 0 bridgehead atoms. The third kappa shape index (κ3) is 6.16. The summed E-state index contributed by atoms with van der Waals surface area (Å²) in [7, 11) is 0. The number of hydrogen-bond acceptors (Lipinski definition) is 9. The Morgan fingerprint density at radius 2 is 2.05 bits per heavy atom. The number of rotatable bonds is 6. The van der Waals surface area contributed by atoms with E-state index in [1.807, 2.05) is 13.8 Å². The minimum Gasteiger partial charge on any atom is -0.491 e. The van der Waals surface area contributed by atoms with Gasteiger partial charge in [-0.2, -0.15) is 4.98 Å². The van der Waals surface area contributed by atoms with E-state index in [4.69, 9.17) is 30.3 Å².